The molecule has 3 aromatic carbocycles. The van der Waals surface area contributed by atoms with Gasteiger partial charge in [-0.2, -0.15) is 0 Å². The van der Waals surface area contributed by atoms with E-state index in [-0.39, 0.29) is 0 Å². The predicted octanol–water partition coefficient (Wildman–Crippen LogP) is 4.16. The lowest BCUT2D eigenvalue weighted by atomic mass is 9.90. The number of hydrogen-bond donors (Lipinski definition) is 0. The molecule has 122 valence electrons. The maximum atomic E-state index is 12.6. The molecule has 1 atom stereocenters. The number of ether oxygens (including phenoxy) is 1. The summed E-state index contributed by atoms with van der Waals surface area (Å²) in [4.78, 5) is 25.1. The predicted molar refractivity (Wildman–Crippen MR) is 94.8 cm³/mol. The molecule has 1 heterocycles. The molecular weight excluding hydrogens is 312 g/mol. The van der Waals surface area contributed by atoms with Crippen LogP contribution in [-0.2, 0) is 11.2 Å². The molecule has 0 saturated carbocycles. The fraction of sp³-hybridized carbons (Fsp3) is 0.0909. The van der Waals surface area contributed by atoms with Gasteiger partial charge in [-0.25, -0.2) is 0 Å². The van der Waals surface area contributed by atoms with Gasteiger partial charge in [-0.05, 0) is 29.7 Å². The molecule has 0 saturated heterocycles. The number of hydrogen-bond acceptors (Lipinski definition) is 3. The Morgan fingerprint density at radius 1 is 0.760 bits per heavy atom. The van der Waals surface area contributed by atoms with Crippen LogP contribution < -0.4 is 4.74 Å². The summed E-state index contributed by atoms with van der Waals surface area (Å²) in [6.45, 7) is 0. The molecule has 0 aromatic heterocycles. The van der Waals surface area contributed by atoms with Gasteiger partial charge in [-0.15, -0.1) is 0 Å². The molecule has 3 nitrogen and oxygen atoms in total. The Labute approximate surface area is 145 Å². The van der Waals surface area contributed by atoms with Crippen LogP contribution in [0.4, 0.5) is 0 Å². The van der Waals surface area contributed by atoms with Gasteiger partial charge in [0.05, 0.1) is 5.56 Å². The standard InChI is InChI=1S/C22H16O3/c23-20-18-12-6-7-13-19(18)25-22(21(20)24)17-11-5-4-10-16(17)14-15-8-2-1-3-9-15/h1-13,22H,14H2. The quantitative estimate of drug-likeness (QED) is 0.678. The molecule has 0 radical (unpaired) electrons. The third-order valence-electron chi connectivity index (χ3n) is 4.41. The minimum absolute atomic E-state index is 0.337. The van der Waals surface area contributed by atoms with Gasteiger partial charge in [-0.3, -0.25) is 9.59 Å². The lowest BCUT2D eigenvalue weighted by Gasteiger charge is -2.25. The topological polar surface area (TPSA) is 43.4 Å². The van der Waals surface area contributed by atoms with Crippen LogP contribution in [0.5, 0.6) is 5.75 Å². The second-order valence-electron chi connectivity index (χ2n) is 6.05. The van der Waals surface area contributed by atoms with Gasteiger partial charge in [0.2, 0.25) is 11.6 Å². The van der Waals surface area contributed by atoms with Crippen molar-refractivity contribution < 1.29 is 14.3 Å². The molecule has 1 aliphatic heterocycles. The first kappa shape index (κ1) is 15.3. The fourth-order valence-electron chi connectivity index (χ4n) is 3.16. The fourth-order valence-corrected chi connectivity index (χ4v) is 3.16. The maximum Gasteiger partial charge on any atom is 0.248 e. The number of carbonyl (C=O) groups excluding carboxylic acids is 2. The van der Waals surface area contributed by atoms with Gasteiger partial charge in [0.1, 0.15) is 5.75 Å². The second-order valence-corrected chi connectivity index (χ2v) is 6.05. The van der Waals surface area contributed by atoms with Crippen LogP contribution in [0.15, 0.2) is 78.9 Å². The normalized spacial score (nSPS) is 16.2. The van der Waals surface area contributed by atoms with Gasteiger partial charge in [0, 0.05) is 5.56 Å². The van der Waals surface area contributed by atoms with Crippen molar-refractivity contribution in [3.8, 4) is 5.75 Å². The molecule has 1 aliphatic rings. The highest BCUT2D eigenvalue weighted by Crippen LogP contribution is 2.34. The summed E-state index contributed by atoms with van der Waals surface area (Å²) in [5, 5.41) is 0. The Morgan fingerprint density at radius 2 is 1.44 bits per heavy atom. The van der Waals surface area contributed by atoms with E-state index in [0.717, 1.165) is 16.7 Å². The van der Waals surface area contributed by atoms with Crippen LogP contribution in [0.2, 0.25) is 0 Å². The zero-order valence-electron chi connectivity index (χ0n) is 13.5. The molecule has 0 amide bonds. The average Bonchev–Trinajstić information content (AvgIpc) is 2.66. The number of benzene rings is 3. The van der Waals surface area contributed by atoms with E-state index in [4.69, 9.17) is 4.74 Å². The van der Waals surface area contributed by atoms with E-state index in [9.17, 15) is 9.59 Å². The number of para-hydroxylation sites is 1. The van der Waals surface area contributed by atoms with E-state index in [1.807, 2.05) is 54.6 Å². The third-order valence-corrected chi connectivity index (χ3v) is 4.41. The Hall–Kier alpha value is -3.20. The zero-order valence-corrected chi connectivity index (χ0v) is 13.5. The van der Waals surface area contributed by atoms with E-state index in [2.05, 4.69) is 0 Å². The molecule has 3 heteroatoms. The van der Waals surface area contributed by atoms with Crippen LogP contribution in [0, 0.1) is 0 Å². The average molecular weight is 328 g/mol. The van der Waals surface area contributed by atoms with Crippen molar-refractivity contribution in [2.75, 3.05) is 0 Å². The minimum atomic E-state index is -0.887. The third kappa shape index (κ3) is 2.85. The van der Waals surface area contributed by atoms with Crippen LogP contribution in [0.1, 0.15) is 33.2 Å². The summed E-state index contributed by atoms with van der Waals surface area (Å²) in [5.41, 5.74) is 3.22. The first-order chi connectivity index (χ1) is 12.2. The van der Waals surface area contributed by atoms with Crippen molar-refractivity contribution in [2.24, 2.45) is 0 Å². The van der Waals surface area contributed by atoms with Crippen molar-refractivity contribution in [1.29, 1.82) is 0 Å². The lowest BCUT2D eigenvalue weighted by Crippen LogP contribution is -2.32. The smallest absolute Gasteiger partial charge is 0.248 e. The van der Waals surface area contributed by atoms with Gasteiger partial charge in [0.25, 0.3) is 0 Å². The largest absolute Gasteiger partial charge is 0.477 e. The van der Waals surface area contributed by atoms with Crippen LogP contribution in [0.3, 0.4) is 0 Å². The minimum Gasteiger partial charge on any atom is -0.477 e. The van der Waals surface area contributed by atoms with Crippen molar-refractivity contribution >= 4 is 11.6 Å². The monoisotopic (exact) mass is 328 g/mol. The van der Waals surface area contributed by atoms with Crippen LogP contribution >= 0.6 is 0 Å². The van der Waals surface area contributed by atoms with Gasteiger partial charge in [0.15, 0.2) is 6.10 Å². The van der Waals surface area contributed by atoms with E-state index in [1.54, 1.807) is 24.3 Å². The molecule has 0 aliphatic carbocycles. The molecule has 25 heavy (non-hydrogen) atoms. The Balaban J connectivity index is 1.73. The molecule has 0 spiro atoms. The zero-order chi connectivity index (χ0) is 17.2. The van der Waals surface area contributed by atoms with Crippen molar-refractivity contribution in [2.45, 2.75) is 12.5 Å². The van der Waals surface area contributed by atoms with Gasteiger partial charge >= 0.3 is 0 Å². The van der Waals surface area contributed by atoms with Gasteiger partial charge < -0.3 is 4.74 Å². The van der Waals surface area contributed by atoms with Crippen molar-refractivity contribution in [3.63, 3.8) is 0 Å². The second kappa shape index (κ2) is 6.36. The molecular formula is C22H16O3. The number of rotatable bonds is 3. The van der Waals surface area contributed by atoms with Crippen molar-refractivity contribution in [3.05, 3.63) is 101 Å². The molecule has 1 unspecified atom stereocenters. The van der Waals surface area contributed by atoms with Gasteiger partial charge in [-0.1, -0.05) is 66.7 Å². The number of Topliss-reactive ketones (excluding diaryl/α,β-unsaturated/α-hetero) is 2. The first-order valence-corrected chi connectivity index (χ1v) is 8.20. The molecule has 0 N–H and O–H groups in total. The number of fused-ring (bicyclic) bond motifs is 1. The van der Waals surface area contributed by atoms with E-state index < -0.39 is 17.7 Å². The van der Waals surface area contributed by atoms with E-state index >= 15 is 0 Å². The summed E-state index contributed by atoms with van der Waals surface area (Å²) in [6.07, 6.45) is -0.206. The highest BCUT2D eigenvalue weighted by molar-refractivity contribution is 6.46. The van der Waals surface area contributed by atoms with E-state index in [0.29, 0.717) is 17.7 Å². The highest BCUT2D eigenvalue weighted by Gasteiger charge is 2.37. The van der Waals surface area contributed by atoms with Crippen LogP contribution in [-0.4, -0.2) is 11.6 Å². The first-order valence-electron chi connectivity index (χ1n) is 8.20. The molecule has 4 rings (SSSR count). The Kier molecular flexibility index (Phi) is 3.90. The molecule has 3 aromatic rings. The Bertz CT molecular complexity index is 944. The summed E-state index contributed by atoms with van der Waals surface area (Å²) in [6, 6.07) is 24.6. The summed E-state index contributed by atoms with van der Waals surface area (Å²) < 4.78 is 5.91. The summed E-state index contributed by atoms with van der Waals surface area (Å²) in [7, 11) is 0. The number of carbonyl (C=O) groups is 2. The summed E-state index contributed by atoms with van der Waals surface area (Å²) in [5.74, 6) is -0.535. The maximum absolute atomic E-state index is 12.6. The Morgan fingerprint density at radius 3 is 2.28 bits per heavy atom. The number of ketones is 2. The summed E-state index contributed by atoms with van der Waals surface area (Å²) >= 11 is 0. The lowest BCUT2D eigenvalue weighted by molar-refractivity contribution is -0.122. The van der Waals surface area contributed by atoms with Crippen molar-refractivity contribution in [1.82, 2.24) is 0 Å². The van der Waals surface area contributed by atoms with Crippen LogP contribution in [0.25, 0.3) is 0 Å². The SMILES string of the molecule is O=C1C(=O)C(c2ccccc2Cc2ccccc2)Oc2ccccc21. The highest BCUT2D eigenvalue weighted by atomic mass is 16.5. The van der Waals surface area contributed by atoms with E-state index in [1.165, 1.54) is 0 Å². The molecule has 0 fully saturated rings. The molecule has 0 bridgehead atoms.